The summed E-state index contributed by atoms with van der Waals surface area (Å²) in [6, 6.07) is 16.3. The Hall–Kier alpha value is -2.57. The number of ether oxygens (including phenoxy) is 2. The van der Waals surface area contributed by atoms with Crippen LogP contribution in [-0.4, -0.2) is 67.0 Å². The van der Waals surface area contributed by atoms with Crippen LogP contribution >= 0.6 is 0 Å². The quantitative estimate of drug-likeness (QED) is 0.606. The van der Waals surface area contributed by atoms with E-state index in [-0.39, 0.29) is 6.04 Å². The predicted molar refractivity (Wildman–Crippen MR) is 125 cm³/mol. The average molecular weight is 439 g/mol. The molecule has 1 atom stereocenters. The van der Waals surface area contributed by atoms with Gasteiger partial charge in [-0.05, 0) is 74.5 Å². The van der Waals surface area contributed by atoms with Crippen molar-refractivity contribution in [1.29, 1.82) is 0 Å². The molecule has 0 saturated carbocycles. The van der Waals surface area contributed by atoms with Gasteiger partial charge in [0.25, 0.3) is 0 Å². The number of hydrogen-bond acceptors (Lipinski definition) is 4. The Kier molecular flexibility index (Phi) is 6.72. The lowest BCUT2D eigenvalue weighted by Crippen LogP contribution is -2.62. The van der Waals surface area contributed by atoms with Crippen LogP contribution < -0.4 is 4.74 Å². The first-order valence-corrected chi connectivity index (χ1v) is 11.5. The Bertz CT molecular complexity index is 902. The Balaban J connectivity index is 1.51. The predicted octanol–water partition coefficient (Wildman–Crippen LogP) is 4.69. The van der Waals surface area contributed by atoms with Crippen molar-refractivity contribution in [2.75, 3.05) is 40.0 Å². The largest absolute Gasteiger partial charge is 0.491 e. The van der Waals surface area contributed by atoms with E-state index in [9.17, 15) is 9.90 Å². The molecule has 32 heavy (non-hydrogen) atoms. The Morgan fingerprint density at radius 2 is 1.62 bits per heavy atom. The smallest absolute Gasteiger partial charge is 0.408 e. The molecule has 1 amide bonds. The summed E-state index contributed by atoms with van der Waals surface area (Å²) < 4.78 is 10.7. The third-order valence-electron chi connectivity index (χ3n) is 7.10. The number of piperidine rings is 3. The van der Waals surface area contributed by atoms with Gasteiger partial charge in [0.15, 0.2) is 0 Å². The van der Waals surface area contributed by atoms with E-state index in [2.05, 4.69) is 29.2 Å². The number of hydrogen-bond donors (Lipinski definition) is 1. The Morgan fingerprint density at radius 1 is 1.03 bits per heavy atom. The van der Waals surface area contributed by atoms with Crippen LogP contribution in [0.15, 0.2) is 48.5 Å². The molecule has 172 valence electrons. The van der Waals surface area contributed by atoms with Crippen molar-refractivity contribution in [3.63, 3.8) is 0 Å². The summed E-state index contributed by atoms with van der Waals surface area (Å²) in [5.74, 6) is 1.28. The molecule has 3 aliphatic rings. The van der Waals surface area contributed by atoms with E-state index in [1.54, 1.807) is 12.0 Å². The fourth-order valence-corrected chi connectivity index (χ4v) is 5.22. The van der Waals surface area contributed by atoms with E-state index in [4.69, 9.17) is 9.47 Å². The van der Waals surface area contributed by atoms with Crippen LogP contribution in [0.1, 0.15) is 32.3 Å². The molecular formula is C26H34N2O4. The molecular weight excluding hydrogens is 404 g/mol. The van der Waals surface area contributed by atoms with Gasteiger partial charge >= 0.3 is 6.09 Å². The highest BCUT2D eigenvalue weighted by Crippen LogP contribution is 2.38. The lowest BCUT2D eigenvalue weighted by molar-refractivity contribution is -0.0289. The zero-order valence-corrected chi connectivity index (χ0v) is 19.3. The summed E-state index contributed by atoms with van der Waals surface area (Å²) in [6.07, 6.45) is 1.35. The molecule has 6 nitrogen and oxygen atoms in total. The average Bonchev–Trinajstić information content (AvgIpc) is 2.80. The minimum Gasteiger partial charge on any atom is -0.491 e. The number of carboxylic acid groups (broad SMARTS) is 1. The highest BCUT2D eigenvalue weighted by Gasteiger charge is 2.45. The minimum absolute atomic E-state index is 0.0512. The number of fused-ring (bicyclic) bond motifs is 3. The van der Waals surface area contributed by atoms with Crippen molar-refractivity contribution in [3.8, 4) is 16.9 Å². The lowest BCUT2D eigenvalue weighted by Gasteiger charge is -2.52. The fraction of sp³-hybridized carbons (Fsp3) is 0.500. The third-order valence-corrected chi connectivity index (χ3v) is 7.10. The maximum Gasteiger partial charge on any atom is 0.408 e. The molecule has 0 spiro atoms. The van der Waals surface area contributed by atoms with Gasteiger partial charge in [-0.25, -0.2) is 4.79 Å². The minimum atomic E-state index is -0.832. The zero-order valence-electron chi connectivity index (χ0n) is 19.3. The molecule has 1 N–H and O–H groups in total. The number of methoxy groups -OCH3 is 1. The zero-order chi connectivity index (χ0) is 22.7. The van der Waals surface area contributed by atoms with Crippen molar-refractivity contribution < 1.29 is 19.4 Å². The summed E-state index contributed by atoms with van der Waals surface area (Å²) in [7, 11) is 1.66. The second kappa shape index (κ2) is 9.51. The van der Waals surface area contributed by atoms with E-state index in [1.807, 2.05) is 38.1 Å². The number of nitrogens with zero attached hydrogens (tertiary/aromatic N) is 2. The molecule has 3 aliphatic heterocycles. The van der Waals surface area contributed by atoms with Gasteiger partial charge in [-0.2, -0.15) is 0 Å². The SMILES string of the molecule is COCCOc1ccc(-c2ccc(C(C)(C)N(C(=O)O)[C@@H]3CN4CCC3CC4)cc2)cc1. The molecule has 2 bridgehead atoms. The fourth-order valence-electron chi connectivity index (χ4n) is 5.22. The second-order valence-corrected chi connectivity index (χ2v) is 9.36. The van der Waals surface area contributed by atoms with E-state index < -0.39 is 11.6 Å². The van der Waals surface area contributed by atoms with Crippen LogP contribution in [0.5, 0.6) is 5.75 Å². The van der Waals surface area contributed by atoms with Gasteiger partial charge in [-0.15, -0.1) is 0 Å². The van der Waals surface area contributed by atoms with Crippen LogP contribution in [0.3, 0.4) is 0 Å². The normalized spacial score (nSPS) is 22.5. The molecule has 0 unspecified atom stereocenters. The first kappa shape index (κ1) is 22.6. The van der Waals surface area contributed by atoms with Crippen molar-refractivity contribution >= 4 is 6.09 Å². The van der Waals surface area contributed by atoms with Crippen molar-refractivity contribution in [3.05, 3.63) is 54.1 Å². The van der Waals surface area contributed by atoms with Gasteiger partial charge in [0, 0.05) is 13.7 Å². The maximum absolute atomic E-state index is 12.4. The van der Waals surface area contributed by atoms with E-state index >= 15 is 0 Å². The molecule has 2 aromatic carbocycles. The highest BCUT2D eigenvalue weighted by molar-refractivity contribution is 5.68. The standard InChI is InChI=1S/C26H34N2O4/c1-26(2,28(25(29)30)24-18-27-14-12-21(24)13-15-27)22-8-4-19(5-9-22)20-6-10-23(11-7-20)32-17-16-31-3/h4-11,21,24H,12-18H2,1-3H3,(H,29,30)/t24-/m1/s1. The number of amides is 1. The first-order chi connectivity index (χ1) is 15.4. The molecule has 6 heteroatoms. The van der Waals surface area contributed by atoms with E-state index in [1.165, 1.54) is 0 Å². The summed E-state index contributed by atoms with van der Waals surface area (Å²) in [4.78, 5) is 16.5. The van der Waals surface area contributed by atoms with Crippen molar-refractivity contribution in [2.24, 2.45) is 5.92 Å². The Labute approximate surface area is 190 Å². The third kappa shape index (κ3) is 4.62. The molecule has 0 aliphatic carbocycles. The monoisotopic (exact) mass is 438 g/mol. The van der Waals surface area contributed by atoms with Crippen LogP contribution in [0, 0.1) is 5.92 Å². The molecule has 3 fully saturated rings. The number of rotatable bonds is 8. The van der Waals surface area contributed by atoms with Crippen molar-refractivity contribution in [1.82, 2.24) is 9.80 Å². The van der Waals surface area contributed by atoms with Crippen LogP contribution in [0.2, 0.25) is 0 Å². The maximum atomic E-state index is 12.4. The highest BCUT2D eigenvalue weighted by atomic mass is 16.5. The van der Waals surface area contributed by atoms with Gasteiger partial charge in [-0.3, -0.25) is 4.90 Å². The van der Waals surface area contributed by atoms with Gasteiger partial charge in [0.05, 0.1) is 18.2 Å². The molecule has 2 aromatic rings. The van der Waals surface area contributed by atoms with Gasteiger partial charge in [0.2, 0.25) is 0 Å². The van der Waals surface area contributed by atoms with Gasteiger partial charge in [-0.1, -0.05) is 36.4 Å². The van der Waals surface area contributed by atoms with Gasteiger partial charge in [0.1, 0.15) is 12.4 Å². The summed E-state index contributed by atoms with van der Waals surface area (Å²) in [5, 5.41) is 10.2. The number of carbonyl (C=O) groups is 1. The molecule has 3 saturated heterocycles. The number of benzene rings is 2. The topological polar surface area (TPSA) is 62.2 Å². The van der Waals surface area contributed by atoms with E-state index in [0.717, 1.165) is 54.9 Å². The molecule has 3 heterocycles. The summed E-state index contributed by atoms with van der Waals surface area (Å²) in [6.45, 7) is 8.18. The molecule has 0 aromatic heterocycles. The molecule has 0 radical (unpaired) electrons. The van der Waals surface area contributed by atoms with Crippen LogP contribution in [0.4, 0.5) is 4.79 Å². The lowest BCUT2D eigenvalue weighted by atomic mass is 9.80. The second-order valence-electron chi connectivity index (χ2n) is 9.36. The van der Waals surface area contributed by atoms with Crippen LogP contribution in [-0.2, 0) is 10.3 Å². The first-order valence-electron chi connectivity index (χ1n) is 11.5. The molecule has 5 rings (SSSR count). The van der Waals surface area contributed by atoms with Crippen LogP contribution in [0.25, 0.3) is 11.1 Å². The van der Waals surface area contributed by atoms with Gasteiger partial charge < -0.3 is 19.5 Å². The summed E-state index contributed by atoms with van der Waals surface area (Å²) in [5.41, 5.74) is 2.60. The Morgan fingerprint density at radius 3 is 2.12 bits per heavy atom. The van der Waals surface area contributed by atoms with Crippen molar-refractivity contribution in [2.45, 2.75) is 38.3 Å². The summed E-state index contributed by atoms with van der Waals surface area (Å²) >= 11 is 0. The van der Waals surface area contributed by atoms with E-state index in [0.29, 0.717) is 19.1 Å².